The molecule has 150 valence electrons. The van der Waals surface area contributed by atoms with Crippen LogP contribution < -0.4 is 0 Å². The van der Waals surface area contributed by atoms with Gasteiger partial charge in [-0.05, 0) is 5.56 Å². The van der Waals surface area contributed by atoms with Crippen molar-refractivity contribution in [1.82, 2.24) is 0 Å². The van der Waals surface area contributed by atoms with Crippen LogP contribution in [0.25, 0.3) is 0 Å². The molecule has 0 fully saturated rings. The average Bonchev–Trinajstić information content (AvgIpc) is 2.65. The Morgan fingerprint density at radius 1 is 0.654 bits per heavy atom. The van der Waals surface area contributed by atoms with Crippen LogP contribution in [-0.4, -0.2) is 89.0 Å². The fourth-order valence-electron chi connectivity index (χ4n) is 2.11. The van der Waals surface area contributed by atoms with Gasteiger partial charge in [0.1, 0.15) is 0 Å². The lowest BCUT2D eigenvalue weighted by molar-refractivity contribution is -0.0218. The van der Waals surface area contributed by atoms with Crippen molar-refractivity contribution in [3.8, 4) is 0 Å². The van der Waals surface area contributed by atoms with E-state index >= 15 is 0 Å². The lowest BCUT2D eigenvalue weighted by atomic mass is 10.1. The Kier molecular flexibility index (Phi) is 15.3. The van der Waals surface area contributed by atoms with E-state index in [9.17, 15) is 5.11 Å². The van der Waals surface area contributed by atoms with E-state index in [-0.39, 0.29) is 6.61 Å². The van der Waals surface area contributed by atoms with Crippen molar-refractivity contribution in [2.75, 3.05) is 72.7 Å². The van der Waals surface area contributed by atoms with Crippen LogP contribution in [0.5, 0.6) is 0 Å². The number of aliphatic hydroxyl groups excluding tert-OH is 2. The van der Waals surface area contributed by atoms with E-state index in [0.29, 0.717) is 72.5 Å². The van der Waals surface area contributed by atoms with Crippen molar-refractivity contribution in [1.29, 1.82) is 0 Å². The molecule has 1 atom stereocenters. The Hall–Kier alpha value is -1.06. The van der Waals surface area contributed by atoms with E-state index in [1.807, 2.05) is 30.3 Å². The molecule has 0 aliphatic rings. The highest BCUT2D eigenvalue weighted by Gasteiger charge is 2.05. The Morgan fingerprint density at radius 2 is 1.12 bits per heavy atom. The quantitative estimate of drug-likeness (QED) is 0.366. The van der Waals surface area contributed by atoms with Gasteiger partial charge in [0, 0.05) is 6.42 Å². The molecule has 1 unspecified atom stereocenters. The zero-order valence-corrected chi connectivity index (χ0v) is 15.4. The van der Waals surface area contributed by atoms with Gasteiger partial charge in [-0.2, -0.15) is 0 Å². The molecule has 0 aliphatic carbocycles. The molecule has 0 saturated heterocycles. The third-order valence-corrected chi connectivity index (χ3v) is 3.35. The molecular weight excluding hydrogens is 340 g/mol. The van der Waals surface area contributed by atoms with Crippen LogP contribution in [0.2, 0.25) is 0 Å². The van der Waals surface area contributed by atoms with Gasteiger partial charge in [0.2, 0.25) is 0 Å². The zero-order valence-electron chi connectivity index (χ0n) is 15.4. The maximum atomic E-state index is 9.89. The lowest BCUT2D eigenvalue weighted by Crippen LogP contribution is -2.20. The summed E-state index contributed by atoms with van der Waals surface area (Å²) in [4.78, 5) is 0. The predicted molar refractivity (Wildman–Crippen MR) is 97.3 cm³/mol. The van der Waals surface area contributed by atoms with Gasteiger partial charge in [0.05, 0.1) is 78.8 Å². The second-order valence-corrected chi connectivity index (χ2v) is 5.59. The monoisotopic (exact) mass is 372 g/mol. The van der Waals surface area contributed by atoms with Crippen LogP contribution in [0.4, 0.5) is 0 Å². The van der Waals surface area contributed by atoms with Gasteiger partial charge in [-0.25, -0.2) is 0 Å². The van der Waals surface area contributed by atoms with Crippen molar-refractivity contribution in [2.24, 2.45) is 0 Å². The third kappa shape index (κ3) is 14.1. The van der Waals surface area contributed by atoms with Gasteiger partial charge >= 0.3 is 0 Å². The number of rotatable bonds is 18. The summed E-state index contributed by atoms with van der Waals surface area (Å²) < 4.78 is 26.5. The minimum absolute atomic E-state index is 0.0302. The minimum atomic E-state index is -0.505. The van der Waals surface area contributed by atoms with E-state index in [1.165, 1.54) is 0 Å². The fraction of sp³-hybridized carbons (Fsp3) is 0.684. The first-order valence-electron chi connectivity index (χ1n) is 9.04. The Morgan fingerprint density at radius 3 is 1.62 bits per heavy atom. The Bertz CT molecular complexity index is 402. The summed E-state index contributed by atoms with van der Waals surface area (Å²) in [5, 5.41) is 18.4. The normalized spacial score (nSPS) is 12.4. The standard InChI is InChI=1S/C19H32O7/c20-6-7-22-8-9-23-10-11-24-12-13-25-14-15-26-17-19(21)16-18-4-2-1-3-5-18/h1-5,19-21H,6-17H2. The SMILES string of the molecule is OCCOCCOCCOCCOCCOCC(O)Cc1ccccc1. The molecule has 0 aromatic heterocycles. The predicted octanol–water partition coefficient (Wildman–Crippen LogP) is 0.665. The summed E-state index contributed by atoms with van der Waals surface area (Å²) in [5.41, 5.74) is 1.10. The van der Waals surface area contributed by atoms with E-state index in [2.05, 4.69) is 0 Å². The van der Waals surface area contributed by atoms with Gasteiger partial charge in [-0.15, -0.1) is 0 Å². The van der Waals surface area contributed by atoms with Gasteiger partial charge in [-0.1, -0.05) is 30.3 Å². The Balaban J connectivity index is 1.77. The number of ether oxygens (including phenoxy) is 5. The fourth-order valence-corrected chi connectivity index (χ4v) is 2.11. The van der Waals surface area contributed by atoms with E-state index in [4.69, 9.17) is 28.8 Å². The summed E-state index contributed by atoms with van der Waals surface area (Å²) >= 11 is 0. The van der Waals surface area contributed by atoms with Crippen molar-refractivity contribution in [3.05, 3.63) is 35.9 Å². The van der Waals surface area contributed by atoms with Crippen LogP contribution in [0, 0.1) is 0 Å². The van der Waals surface area contributed by atoms with Crippen molar-refractivity contribution < 1.29 is 33.9 Å². The van der Waals surface area contributed by atoms with Crippen LogP contribution in [-0.2, 0) is 30.1 Å². The molecule has 1 rings (SSSR count). The zero-order chi connectivity index (χ0) is 18.7. The van der Waals surface area contributed by atoms with Crippen molar-refractivity contribution in [2.45, 2.75) is 12.5 Å². The van der Waals surface area contributed by atoms with Crippen molar-refractivity contribution >= 4 is 0 Å². The molecule has 0 saturated carbocycles. The molecular formula is C19H32O7. The Labute approximate surface area is 155 Å². The maximum Gasteiger partial charge on any atom is 0.0813 e. The van der Waals surface area contributed by atoms with Crippen LogP contribution in [0.1, 0.15) is 5.56 Å². The summed E-state index contributed by atoms with van der Waals surface area (Å²) in [5.74, 6) is 0. The highest BCUT2D eigenvalue weighted by atomic mass is 16.6. The topological polar surface area (TPSA) is 86.6 Å². The first-order valence-corrected chi connectivity index (χ1v) is 9.04. The minimum Gasteiger partial charge on any atom is -0.394 e. The van der Waals surface area contributed by atoms with Crippen LogP contribution >= 0.6 is 0 Å². The molecule has 7 nitrogen and oxygen atoms in total. The average molecular weight is 372 g/mol. The summed E-state index contributed by atoms with van der Waals surface area (Å²) in [6, 6.07) is 9.85. The molecule has 0 spiro atoms. The number of aliphatic hydroxyl groups is 2. The number of hydrogen-bond donors (Lipinski definition) is 2. The van der Waals surface area contributed by atoms with Crippen LogP contribution in [0.15, 0.2) is 30.3 Å². The van der Waals surface area contributed by atoms with Crippen LogP contribution in [0.3, 0.4) is 0 Å². The van der Waals surface area contributed by atoms with Gasteiger partial charge in [0.25, 0.3) is 0 Å². The van der Waals surface area contributed by atoms with E-state index < -0.39 is 6.10 Å². The second-order valence-electron chi connectivity index (χ2n) is 5.59. The summed E-state index contributed by atoms with van der Waals surface area (Å²) in [6.07, 6.45) is 0.0836. The summed E-state index contributed by atoms with van der Waals surface area (Å²) in [6.45, 7) is 4.57. The van der Waals surface area contributed by atoms with E-state index in [1.54, 1.807) is 0 Å². The third-order valence-electron chi connectivity index (χ3n) is 3.35. The first-order chi connectivity index (χ1) is 12.8. The van der Waals surface area contributed by atoms with Gasteiger partial charge in [0.15, 0.2) is 0 Å². The smallest absolute Gasteiger partial charge is 0.0813 e. The molecule has 0 radical (unpaired) electrons. The molecule has 0 bridgehead atoms. The number of benzene rings is 1. The van der Waals surface area contributed by atoms with Gasteiger partial charge in [-0.3, -0.25) is 0 Å². The van der Waals surface area contributed by atoms with Gasteiger partial charge < -0.3 is 33.9 Å². The molecule has 2 N–H and O–H groups in total. The molecule has 1 aromatic rings. The molecule has 0 aliphatic heterocycles. The largest absolute Gasteiger partial charge is 0.394 e. The first kappa shape index (κ1) is 23.0. The molecule has 1 aromatic carbocycles. The molecule has 7 heteroatoms. The maximum absolute atomic E-state index is 9.89. The van der Waals surface area contributed by atoms with Crippen molar-refractivity contribution in [3.63, 3.8) is 0 Å². The second kappa shape index (κ2) is 17.4. The highest BCUT2D eigenvalue weighted by molar-refractivity contribution is 5.15. The lowest BCUT2D eigenvalue weighted by Gasteiger charge is -2.11. The van der Waals surface area contributed by atoms with E-state index in [0.717, 1.165) is 5.56 Å². The highest BCUT2D eigenvalue weighted by Crippen LogP contribution is 2.03. The number of hydrogen-bond acceptors (Lipinski definition) is 7. The molecule has 26 heavy (non-hydrogen) atoms. The molecule has 0 amide bonds. The summed E-state index contributed by atoms with van der Waals surface area (Å²) in [7, 11) is 0. The molecule has 0 heterocycles.